The van der Waals surface area contributed by atoms with Gasteiger partial charge in [0.25, 0.3) is 0 Å². The van der Waals surface area contributed by atoms with E-state index < -0.39 is 5.41 Å². The molecule has 0 N–H and O–H groups in total. The van der Waals surface area contributed by atoms with Gasteiger partial charge in [0.1, 0.15) is 0 Å². The summed E-state index contributed by atoms with van der Waals surface area (Å²) < 4.78 is 0. The summed E-state index contributed by atoms with van der Waals surface area (Å²) in [6, 6.07) is 96.8. The van der Waals surface area contributed by atoms with Crippen molar-refractivity contribution in [2.75, 3.05) is 0 Å². The molecule has 1 spiro atoms. The van der Waals surface area contributed by atoms with Crippen molar-refractivity contribution in [1.29, 1.82) is 0 Å². The van der Waals surface area contributed by atoms with Gasteiger partial charge in [-0.25, -0.2) is 0 Å². The molecule has 0 unspecified atom stereocenters. The number of fused-ring (bicyclic) bond motifs is 9. The van der Waals surface area contributed by atoms with Gasteiger partial charge in [0.15, 0.2) is 0 Å². The topological polar surface area (TPSA) is 0 Å². The summed E-state index contributed by atoms with van der Waals surface area (Å²) in [5.41, 5.74) is 23.3. The van der Waals surface area contributed by atoms with Crippen molar-refractivity contribution >= 4 is 5.57 Å². The Balaban J connectivity index is 0.000000151. The second-order valence-electron chi connectivity index (χ2n) is 20.3. The van der Waals surface area contributed by atoms with Crippen LogP contribution in [0.25, 0.3) is 39.0 Å². The molecule has 0 aromatic heterocycles. The summed E-state index contributed by atoms with van der Waals surface area (Å²) in [4.78, 5) is 0. The highest BCUT2D eigenvalue weighted by molar-refractivity contribution is 5.97. The van der Waals surface area contributed by atoms with E-state index in [4.69, 9.17) is 0 Å². The highest BCUT2D eigenvalue weighted by Gasteiger charge is 2.58. The number of benzene rings is 10. The van der Waals surface area contributed by atoms with E-state index in [1.807, 2.05) is 19.9 Å². The molecule has 3 aliphatic carbocycles. The Morgan fingerprint density at radius 1 is 0.311 bits per heavy atom. The Hall–Kier alpha value is -8.32. The Labute approximate surface area is 441 Å². The summed E-state index contributed by atoms with van der Waals surface area (Å²) in [5, 5.41) is 0. The first-order chi connectivity index (χ1) is 36.3. The average molecular weight is 955 g/mol. The summed E-state index contributed by atoms with van der Waals surface area (Å²) in [7, 11) is 0. The normalized spacial score (nSPS) is 14.5. The van der Waals surface area contributed by atoms with E-state index in [0.717, 1.165) is 6.42 Å². The molecular formula is C74H66. The largest absolute Gasteiger partial charge is 0.0783 e. The van der Waals surface area contributed by atoms with Crippen LogP contribution in [0.2, 0.25) is 0 Å². The number of hydrogen-bond acceptors (Lipinski definition) is 0. The van der Waals surface area contributed by atoms with E-state index in [0.29, 0.717) is 0 Å². The standard InChI is InChI=1S/C40H32.C19H16.C13H12.C2H6/c1-38(2)26-25-33-31(27-38)30-19-9-10-20-32(30)40(33)36-23-13-11-21-34(36)39(28-15-5-3-6-16-28,29-17-7-4-8-18-29)35-22-12-14-24-37(35)40;1-15-12-18(16-8-4-2-5-9-16)14-19(13-15)17-10-6-3-7-11-17;1-11-7-9-13(10-8-11)12-5-3-2-4-6-12;1-2/h3-25,27H,26H2,1-2H3;2-14H,1H3;2-10H,1H3;1-2H3. The molecule has 74 heavy (non-hydrogen) atoms. The van der Waals surface area contributed by atoms with Crippen molar-refractivity contribution in [3.63, 3.8) is 0 Å². The molecule has 0 heteroatoms. The third kappa shape index (κ3) is 9.11. The van der Waals surface area contributed by atoms with Crippen molar-refractivity contribution in [3.05, 3.63) is 340 Å². The van der Waals surface area contributed by atoms with Crippen LogP contribution in [0.5, 0.6) is 0 Å². The molecule has 0 radical (unpaired) electrons. The Kier molecular flexibility index (Phi) is 14.3. The zero-order chi connectivity index (χ0) is 51.1. The fourth-order valence-corrected chi connectivity index (χ4v) is 11.8. The fraction of sp³-hybridized carbons (Fsp3) is 0.135. The molecule has 0 heterocycles. The van der Waals surface area contributed by atoms with E-state index in [-0.39, 0.29) is 10.8 Å². The molecule has 10 aromatic carbocycles. The minimum Gasteiger partial charge on any atom is -0.0783 e. The van der Waals surface area contributed by atoms with Gasteiger partial charge >= 0.3 is 0 Å². The van der Waals surface area contributed by atoms with Gasteiger partial charge in [0.2, 0.25) is 0 Å². The smallest absolute Gasteiger partial charge is 0.0716 e. The van der Waals surface area contributed by atoms with Crippen LogP contribution in [-0.2, 0) is 10.8 Å². The summed E-state index contributed by atoms with van der Waals surface area (Å²) >= 11 is 0. The van der Waals surface area contributed by atoms with Crippen molar-refractivity contribution in [2.45, 2.75) is 58.8 Å². The quantitative estimate of drug-likeness (QED) is 0.161. The SMILES string of the molecule is CC.CC1(C)C=C2C(=CC1)C1(c3ccccc32)c2ccccc2C(c2ccccc2)(c2ccccc2)c2ccccc21.Cc1cc(-c2ccccc2)cc(-c2ccccc2)c1.Cc1ccc(-c2ccccc2)cc1. The zero-order valence-corrected chi connectivity index (χ0v) is 43.8. The van der Waals surface area contributed by atoms with Crippen LogP contribution in [0.4, 0.5) is 0 Å². The lowest BCUT2D eigenvalue weighted by Gasteiger charge is -2.50. The van der Waals surface area contributed by atoms with E-state index in [1.54, 1.807) is 0 Å². The molecule has 13 rings (SSSR count). The van der Waals surface area contributed by atoms with Gasteiger partial charge in [0.05, 0.1) is 10.8 Å². The van der Waals surface area contributed by atoms with Gasteiger partial charge in [-0.15, -0.1) is 0 Å². The lowest BCUT2D eigenvalue weighted by molar-refractivity contribution is 0.481. The van der Waals surface area contributed by atoms with Crippen LogP contribution >= 0.6 is 0 Å². The maximum Gasteiger partial charge on any atom is 0.0716 e. The Morgan fingerprint density at radius 2 is 0.662 bits per heavy atom. The third-order valence-corrected chi connectivity index (χ3v) is 15.0. The molecule has 0 saturated heterocycles. The van der Waals surface area contributed by atoms with Gasteiger partial charge in [-0.2, -0.15) is 0 Å². The Bertz CT molecular complexity index is 3400. The van der Waals surface area contributed by atoms with E-state index >= 15 is 0 Å². The molecule has 0 amide bonds. The van der Waals surface area contributed by atoms with Crippen molar-refractivity contribution in [1.82, 2.24) is 0 Å². The van der Waals surface area contributed by atoms with Gasteiger partial charge < -0.3 is 0 Å². The van der Waals surface area contributed by atoms with Gasteiger partial charge in [-0.1, -0.05) is 306 Å². The third-order valence-electron chi connectivity index (χ3n) is 15.0. The first kappa shape index (κ1) is 49.3. The first-order valence-electron chi connectivity index (χ1n) is 26.5. The monoisotopic (exact) mass is 955 g/mol. The molecule has 362 valence electrons. The second kappa shape index (κ2) is 21.4. The number of rotatable bonds is 5. The summed E-state index contributed by atoms with van der Waals surface area (Å²) in [6.07, 6.45) is 6.13. The first-order valence-corrected chi connectivity index (χ1v) is 26.5. The lowest BCUT2D eigenvalue weighted by atomic mass is 9.51. The minimum atomic E-state index is -0.434. The van der Waals surface area contributed by atoms with Crippen LogP contribution in [0.1, 0.15) is 89.8 Å². The Morgan fingerprint density at radius 3 is 1.11 bits per heavy atom. The predicted molar refractivity (Wildman–Crippen MR) is 316 cm³/mol. The maximum atomic E-state index is 2.56. The van der Waals surface area contributed by atoms with Crippen molar-refractivity contribution in [3.8, 4) is 33.4 Å². The number of allylic oxidation sites excluding steroid dienone is 4. The molecule has 0 fully saturated rings. The average Bonchev–Trinajstić information content (AvgIpc) is 3.80. The highest BCUT2D eigenvalue weighted by atomic mass is 14.6. The lowest BCUT2D eigenvalue weighted by Crippen LogP contribution is -2.44. The summed E-state index contributed by atoms with van der Waals surface area (Å²) in [6.45, 7) is 13.0. The minimum absolute atomic E-state index is 0.128. The van der Waals surface area contributed by atoms with Gasteiger partial charge in [-0.05, 0) is 126 Å². The fourth-order valence-electron chi connectivity index (χ4n) is 11.8. The molecular weight excluding hydrogens is 889 g/mol. The number of hydrogen-bond donors (Lipinski definition) is 0. The maximum absolute atomic E-state index is 2.56. The van der Waals surface area contributed by atoms with E-state index in [2.05, 4.69) is 301 Å². The molecule has 3 aliphatic rings. The number of aryl methyl sites for hydroxylation is 2. The van der Waals surface area contributed by atoms with Crippen molar-refractivity contribution in [2.24, 2.45) is 5.41 Å². The highest BCUT2D eigenvalue weighted by Crippen LogP contribution is 2.66. The van der Waals surface area contributed by atoms with Crippen LogP contribution < -0.4 is 0 Å². The predicted octanol–water partition coefficient (Wildman–Crippen LogP) is 19.5. The molecule has 0 bridgehead atoms. The van der Waals surface area contributed by atoms with E-state index in [1.165, 1.54) is 100 Å². The molecule has 10 aromatic rings. The zero-order valence-electron chi connectivity index (χ0n) is 43.8. The van der Waals surface area contributed by atoms with Crippen LogP contribution in [0.3, 0.4) is 0 Å². The summed E-state index contributed by atoms with van der Waals surface area (Å²) in [5.74, 6) is 0. The van der Waals surface area contributed by atoms with Crippen LogP contribution in [0, 0.1) is 19.3 Å². The van der Waals surface area contributed by atoms with Crippen LogP contribution in [0.15, 0.2) is 285 Å². The van der Waals surface area contributed by atoms with E-state index in [9.17, 15) is 0 Å². The molecule has 0 nitrogen and oxygen atoms in total. The van der Waals surface area contributed by atoms with Crippen LogP contribution in [-0.4, -0.2) is 0 Å². The second-order valence-corrected chi connectivity index (χ2v) is 20.3. The molecule has 0 saturated carbocycles. The van der Waals surface area contributed by atoms with Gasteiger partial charge in [-0.3, -0.25) is 0 Å². The van der Waals surface area contributed by atoms with Gasteiger partial charge in [0, 0.05) is 0 Å². The molecule has 0 atom stereocenters. The molecule has 0 aliphatic heterocycles. The van der Waals surface area contributed by atoms with Crippen molar-refractivity contribution < 1.29 is 0 Å².